The predicted octanol–water partition coefficient (Wildman–Crippen LogP) is 2.74. The van der Waals surface area contributed by atoms with Crippen LogP contribution in [0.25, 0.3) is 6.08 Å². The van der Waals surface area contributed by atoms with Gasteiger partial charge in [-0.1, -0.05) is 30.4 Å². The van der Waals surface area contributed by atoms with Gasteiger partial charge in [0, 0.05) is 12.7 Å². The highest BCUT2D eigenvalue weighted by molar-refractivity contribution is 5.56. The van der Waals surface area contributed by atoms with E-state index >= 15 is 0 Å². The fourth-order valence-corrected chi connectivity index (χ4v) is 1.16. The molecule has 1 rings (SSSR count). The smallest absolute Gasteiger partial charge is 0.126 e. The Hall–Kier alpha value is -1.28. The molecule has 76 valence electrons. The lowest BCUT2D eigenvalue weighted by Crippen LogP contribution is -2.04. The van der Waals surface area contributed by atoms with E-state index in [1.165, 1.54) is 0 Å². The first kappa shape index (κ1) is 10.8. The molecule has 0 aliphatic carbocycles. The molecule has 2 nitrogen and oxygen atoms in total. The summed E-state index contributed by atoms with van der Waals surface area (Å²) >= 11 is 0. The highest BCUT2D eigenvalue weighted by atomic mass is 16.5. The van der Waals surface area contributed by atoms with Gasteiger partial charge in [0.15, 0.2) is 0 Å². The van der Waals surface area contributed by atoms with Crippen LogP contribution < -0.4 is 4.74 Å². The summed E-state index contributed by atoms with van der Waals surface area (Å²) in [5.41, 5.74) is 1.10. The summed E-state index contributed by atoms with van der Waals surface area (Å²) in [7, 11) is 1.67. The average Bonchev–Trinajstić information content (AvgIpc) is 2.21. The summed E-state index contributed by atoms with van der Waals surface area (Å²) in [6.07, 6.45) is 4.03. The molecule has 0 radical (unpaired) electrons. The van der Waals surface area contributed by atoms with E-state index in [9.17, 15) is 0 Å². The zero-order valence-corrected chi connectivity index (χ0v) is 8.69. The highest BCUT2D eigenvalue weighted by Crippen LogP contribution is 2.19. The minimum Gasteiger partial charge on any atom is -0.491 e. The molecule has 0 fully saturated rings. The van der Waals surface area contributed by atoms with Crippen LogP contribution in [0.1, 0.15) is 12.5 Å². The monoisotopic (exact) mass is 192 g/mol. The van der Waals surface area contributed by atoms with Crippen LogP contribution in [0.15, 0.2) is 30.3 Å². The number of hydrogen-bond donors (Lipinski definition) is 0. The van der Waals surface area contributed by atoms with Crippen LogP contribution in [0.2, 0.25) is 0 Å². The summed E-state index contributed by atoms with van der Waals surface area (Å²) in [6.45, 7) is 3.20. The fourth-order valence-electron chi connectivity index (χ4n) is 1.16. The average molecular weight is 192 g/mol. The summed E-state index contributed by atoms with van der Waals surface area (Å²) in [5.74, 6) is 0.905. The van der Waals surface area contributed by atoms with Gasteiger partial charge >= 0.3 is 0 Å². The van der Waals surface area contributed by atoms with Crippen LogP contribution in [-0.2, 0) is 4.74 Å². The molecule has 0 aliphatic rings. The second-order valence-corrected chi connectivity index (χ2v) is 2.88. The van der Waals surface area contributed by atoms with E-state index in [1.807, 2.05) is 43.3 Å². The van der Waals surface area contributed by atoms with E-state index in [2.05, 4.69) is 0 Å². The molecule has 0 spiro atoms. The van der Waals surface area contributed by atoms with Crippen molar-refractivity contribution in [1.82, 2.24) is 0 Å². The molecule has 14 heavy (non-hydrogen) atoms. The quantitative estimate of drug-likeness (QED) is 0.668. The first-order valence-corrected chi connectivity index (χ1v) is 4.72. The predicted molar refractivity (Wildman–Crippen MR) is 58.5 cm³/mol. The van der Waals surface area contributed by atoms with Crippen molar-refractivity contribution < 1.29 is 9.47 Å². The topological polar surface area (TPSA) is 18.5 Å². The SMILES string of the molecule is C/C=C/c1ccccc1OCCOC. The standard InChI is InChI=1S/C12H16O2/c1-3-6-11-7-4-5-8-12(11)14-10-9-13-2/h3-8H,9-10H2,1-2H3/b6-3+. The molecule has 1 aromatic carbocycles. The van der Waals surface area contributed by atoms with Gasteiger partial charge in [-0.15, -0.1) is 0 Å². The Labute approximate surface area is 85.2 Å². The van der Waals surface area contributed by atoms with Crippen LogP contribution in [0.4, 0.5) is 0 Å². The Morgan fingerprint density at radius 3 is 2.71 bits per heavy atom. The van der Waals surface area contributed by atoms with Crippen molar-refractivity contribution in [3.05, 3.63) is 35.9 Å². The third kappa shape index (κ3) is 3.23. The fraction of sp³-hybridized carbons (Fsp3) is 0.333. The molecule has 0 aromatic heterocycles. The first-order valence-electron chi connectivity index (χ1n) is 4.72. The van der Waals surface area contributed by atoms with Gasteiger partial charge in [-0.2, -0.15) is 0 Å². The van der Waals surface area contributed by atoms with Gasteiger partial charge in [-0.05, 0) is 13.0 Å². The minimum atomic E-state index is 0.588. The number of hydrogen-bond acceptors (Lipinski definition) is 2. The summed E-state index contributed by atoms with van der Waals surface area (Å²) in [4.78, 5) is 0. The molecule has 1 aromatic rings. The lowest BCUT2D eigenvalue weighted by molar-refractivity contribution is 0.146. The Morgan fingerprint density at radius 1 is 1.21 bits per heavy atom. The van der Waals surface area contributed by atoms with E-state index in [0.717, 1.165) is 11.3 Å². The molecule has 0 N–H and O–H groups in total. The van der Waals surface area contributed by atoms with Gasteiger partial charge < -0.3 is 9.47 Å². The Kier molecular flexibility index (Phi) is 4.79. The van der Waals surface area contributed by atoms with Crippen molar-refractivity contribution >= 4 is 6.08 Å². The second kappa shape index (κ2) is 6.22. The number of rotatable bonds is 5. The van der Waals surface area contributed by atoms with Gasteiger partial charge in [0.1, 0.15) is 12.4 Å². The third-order valence-corrected chi connectivity index (χ3v) is 1.81. The zero-order valence-electron chi connectivity index (χ0n) is 8.69. The first-order chi connectivity index (χ1) is 6.88. The molecule has 0 amide bonds. The second-order valence-electron chi connectivity index (χ2n) is 2.88. The maximum Gasteiger partial charge on any atom is 0.126 e. The molecule has 0 aliphatic heterocycles. The van der Waals surface area contributed by atoms with Gasteiger partial charge in [0.05, 0.1) is 6.61 Å². The largest absolute Gasteiger partial charge is 0.491 e. The van der Waals surface area contributed by atoms with Crippen molar-refractivity contribution in [2.75, 3.05) is 20.3 Å². The van der Waals surface area contributed by atoms with Crippen LogP contribution in [0.5, 0.6) is 5.75 Å². The molecule has 0 heterocycles. The van der Waals surface area contributed by atoms with E-state index in [1.54, 1.807) is 7.11 Å². The summed E-state index contributed by atoms with van der Waals surface area (Å²) in [6, 6.07) is 7.96. The Bertz CT molecular complexity index is 292. The lowest BCUT2D eigenvalue weighted by Gasteiger charge is -2.07. The number of methoxy groups -OCH3 is 1. The number of ether oxygens (including phenoxy) is 2. The molecule has 0 saturated carbocycles. The lowest BCUT2D eigenvalue weighted by atomic mass is 10.2. The van der Waals surface area contributed by atoms with E-state index in [4.69, 9.17) is 9.47 Å². The molecule has 0 unspecified atom stereocenters. The number of para-hydroxylation sites is 1. The van der Waals surface area contributed by atoms with Crippen LogP contribution in [-0.4, -0.2) is 20.3 Å². The van der Waals surface area contributed by atoms with Crippen molar-refractivity contribution in [2.45, 2.75) is 6.92 Å². The Morgan fingerprint density at radius 2 is 2.00 bits per heavy atom. The van der Waals surface area contributed by atoms with Crippen molar-refractivity contribution in [3.63, 3.8) is 0 Å². The molecule has 0 saturated heterocycles. The van der Waals surface area contributed by atoms with Crippen molar-refractivity contribution in [2.24, 2.45) is 0 Å². The maximum atomic E-state index is 5.55. The maximum absolute atomic E-state index is 5.55. The number of allylic oxidation sites excluding steroid dienone is 1. The van der Waals surface area contributed by atoms with Gasteiger partial charge in [0.25, 0.3) is 0 Å². The molecular formula is C12H16O2. The molecule has 2 heteroatoms. The van der Waals surface area contributed by atoms with Crippen LogP contribution >= 0.6 is 0 Å². The third-order valence-electron chi connectivity index (χ3n) is 1.81. The molecule has 0 bridgehead atoms. The number of benzene rings is 1. The Balaban J connectivity index is 2.64. The van der Waals surface area contributed by atoms with Gasteiger partial charge in [-0.3, -0.25) is 0 Å². The van der Waals surface area contributed by atoms with E-state index in [-0.39, 0.29) is 0 Å². The molecular weight excluding hydrogens is 176 g/mol. The van der Waals surface area contributed by atoms with Crippen molar-refractivity contribution in [3.8, 4) is 5.75 Å². The van der Waals surface area contributed by atoms with Crippen molar-refractivity contribution in [1.29, 1.82) is 0 Å². The summed E-state index contributed by atoms with van der Waals surface area (Å²) < 4.78 is 10.5. The van der Waals surface area contributed by atoms with Gasteiger partial charge in [0.2, 0.25) is 0 Å². The highest BCUT2D eigenvalue weighted by Gasteiger charge is 1.97. The van der Waals surface area contributed by atoms with Gasteiger partial charge in [-0.25, -0.2) is 0 Å². The normalized spacial score (nSPS) is 10.7. The summed E-state index contributed by atoms with van der Waals surface area (Å²) in [5, 5.41) is 0. The van der Waals surface area contributed by atoms with Crippen LogP contribution in [0, 0.1) is 0 Å². The van der Waals surface area contributed by atoms with E-state index < -0.39 is 0 Å². The van der Waals surface area contributed by atoms with E-state index in [0.29, 0.717) is 13.2 Å². The van der Waals surface area contributed by atoms with Crippen LogP contribution in [0.3, 0.4) is 0 Å². The zero-order chi connectivity index (χ0) is 10.2. The molecule has 0 atom stereocenters. The minimum absolute atomic E-state index is 0.588.